The third-order valence-corrected chi connectivity index (χ3v) is 4.59. The Bertz CT molecular complexity index is 829. The normalized spacial score (nSPS) is 16.8. The van der Waals surface area contributed by atoms with E-state index in [0.717, 1.165) is 42.8 Å². The van der Waals surface area contributed by atoms with E-state index in [2.05, 4.69) is 32.6 Å². The molecule has 0 fully saturated rings. The third-order valence-electron chi connectivity index (χ3n) is 4.59. The molecule has 4 nitrogen and oxygen atoms in total. The monoisotopic (exact) mass is 322 g/mol. The largest absolute Gasteiger partial charge is 0.306 e. The van der Waals surface area contributed by atoms with Gasteiger partial charge in [0, 0.05) is 18.2 Å². The number of hydrogen-bond acceptors (Lipinski definition) is 3. The topological polar surface area (TPSA) is 53.6 Å². The van der Waals surface area contributed by atoms with Crippen LogP contribution in [0.25, 0.3) is 11.4 Å². The molecule has 1 aliphatic carbocycles. The van der Waals surface area contributed by atoms with Crippen LogP contribution in [0.1, 0.15) is 35.6 Å². The molecular formula is C19H19FN4. The lowest BCUT2D eigenvalue weighted by Gasteiger charge is -2.26. The Labute approximate surface area is 140 Å². The van der Waals surface area contributed by atoms with Gasteiger partial charge in [-0.05, 0) is 54.2 Å². The number of fused-ring (bicyclic) bond motifs is 1. The summed E-state index contributed by atoms with van der Waals surface area (Å²) in [6.07, 6.45) is 4.65. The summed E-state index contributed by atoms with van der Waals surface area (Å²) in [4.78, 5) is 4.19. The lowest BCUT2D eigenvalue weighted by atomic mass is 9.87. The van der Waals surface area contributed by atoms with Crippen LogP contribution in [0.5, 0.6) is 0 Å². The van der Waals surface area contributed by atoms with Crippen LogP contribution < -0.4 is 5.32 Å². The van der Waals surface area contributed by atoms with Crippen LogP contribution >= 0.6 is 0 Å². The molecule has 0 amide bonds. The van der Waals surface area contributed by atoms with E-state index in [1.807, 2.05) is 18.2 Å². The van der Waals surface area contributed by atoms with Gasteiger partial charge >= 0.3 is 0 Å². The van der Waals surface area contributed by atoms with Crippen LogP contribution in [0.3, 0.4) is 0 Å². The second-order valence-corrected chi connectivity index (χ2v) is 6.20. The van der Waals surface area contributed by atoms with Gasteiger partial charge in [-0.3, -0.25) is 5.10 Å². The van der Waals surface area contributed by atoms with Gasteiger partial charge in [0.05, 0.1) is 0 Å². The van der Waals surface area contributed by atoms with E-state index in [9.17, 15) is 4.39 Å². The molecule has 1 heterocycles. The van der Waals surface area contributed by atoms with Crippen LogP contribution in [-0.2, 0) is 13.0 Å². The van der Waals surface area contributed by atoms with Gasteiger partial charge in [0.2, 0.25) is 0 Å². The molecule has 122 valence electrons. The zero-order chi connectivity index (χ0) is 16.4. The van der Waals surface area contributed by atoms with E-state index < -0.39 is 0 Å². The molecule has 0 bridgehead atoms. The van der Waals surface area contributed by atoms with Crippen molar-refractivity contribution in [1.82, 2.24) is 20.5 Å². The maximum absolute atomic E-state index is 13.4. The molecule has 2 N–H and O–H groups in total. The van der Waals surface area contributed by atoms with Crippen LogP contribution in [0.4, 0.5) is 4.39 Å². The minimum absolute atomic E-state index is 0.144. The SMILES string of the molecule is Fc1ccc2c(c1)CCCC2NCc1cccc(-c2ncn[nH]2)c1. The molecule has 1 aliphatic rings. The molecule has 1 unspecified atom stereocenters. The van der Waals surface area contributed by atoms with Gasteiger partial charge in [0.15, 0.2) is 5.82 Å². The van der Waals surface area contributed by atoms with Gasteiger partial charge in [0.1, 0.15) is 12.1 Å². The van der Waals surface area contributed by atoms with E-state index in [0.29, 0.717) is 0 Å². The maximum atomic E-state index is 13.4. The first-order valence-electron chi connectivity index (χ1n) is 8.26. The summed E-state index contributed by atoms with van der Waals surface area (Å²) in [6, 6.07) is 13.7. The highest BCUT2D eigenvalue weighted by molar-refractivity contribution is 5.55. The first-order chi connectivity index (χ1) is 11.8. The number of nitrogens with zero attached hydrogens (tertiary/aromatic N) is 2. The molecule has 0 aliphatic heterocycles. The van der Waals surface area contributed by atoms with Crippen molar-refractivity contribution in [2.75, 3.05) is 0 Å². The standard InChI is InChI=1S/C19H19FN4/c20-16-7-8-17-14(10-16)4-2-6-18(17)21-11-13-3-1-5-15(9-13)19-22-12-23-24-19/h1,3,5,7-10,12,18,21H,2,4,6,11H2,(H,22,23,24). The Balaban J connectivity index is 1.49. The van der Waals surface area contributed by atoms with Gasteiger partial charge in [-0.25, -0.2) is 9.37 Å². The van der Waals surface area contributed by atoms with Gasteiger partial charge in [0.25, 0.3) is 0 Å². The molecule has 24 heavy (non-hydrogen) atoms. The Hall–Kier alpha value is -2.53. The van der Waals surface area contributed by atoms with Crippen molar-refractivity contribution in [1.29, 1.82) is 0 Å². The predicted molar refractivity (Wildman–Crippen MR) is 90.7 cm³/mol. The average molecular weight is 322 g/mol. The molecule has 5 heteroatoms. The number of hydrogen-bond donors (Lipinski definition) is 2. The summed E-state index contributed by atoms with van der Waals surface area (Å²) in [5.41, 5.74) is 4.58. The van der Waals surface area contributed by atoms with Gasteiger partial charge in [-0.15, -0.1) is 0 Å². The van der Waals surface area contributed by atoms with Gasteiger partial charge in [-0.2, -0.15) is 5.10 Å². The van der Waals surface area contributed by atoms with E-state index >= 15 is 0 Å². The van der Waals surface area contributed by atoms with E-state index in [1.54, 1.807) is 12.1 Å². The van der Waals surface area contributed by atoms with Crippen molar-refractivity contribution < 1.29 is 4.39 Å². The fourth-order valence-electron chi connectivity index (χ4n) is 3.41. The number of aromatic amines is 1. The number of rotatable bonds is 4. The number of nitrogens with one attached hydrogen (secondary N) is 2. The zero-order valence-corrected chi connectivity index (χ0v) is 13.3. The lowest BCUT2D eigenvalue weighted by molar-refractivity contribution is 0.457. The predicted octanol–water partition coefficient (Wildman–Crippen LogP) is 3.78. The number of halogens is 1. The molecular weight excluding hydrogens is 303 g/mol. The van der Waals surface area contributed by atoms with Crippen molar-refractivity contribution in [2.45, 2.75) is 31.8 Å². The number of benzene rings is 2. The summed E-state index contributed by atoms with van der Waals surface area (Å²) < 4.78 is 13.4. The van der Waals surface area contributed by atoms with Gasteiger partial charge < -0.3 is 5.32 Å². The fourth-order valence-corrected chi connectivity index (χ4v) is 3.41. The molecule has 0 saturated heterocycles. The second-order valence-electron chi connectivity index (χ2n) is 6.20. The van der Waals surface area contributed by atoms with E-state index in [-0.39, 0.29) is 11.9 Å². The van der Waals surface area contributed by atoms with Crippen LogP contribution in [0.2, 0.25) is 0 Å². The highest BCUT2D eigenvalue weighted by Gasteiger charge is 2.20. The van der Waals surface area contributed by atoms with Crippen LogP contribution in [0, 0.1) is 5.82 Å². The highest BCUT2D eigenvalue weighted by Crippen LogP contribution is 2.30. The average Bonchev–Trinajstić information content (AvgIpc) is 3.14. The van der Waals surface area contributed by atoms with Crippen LogP contribution in [0.15, 0.2) is 48.8 Å². The molecule has 4 rings (SSSR count). The van der Waals surface area contributed by atoms with Crippen molar-refractivity contribution in [2.24, 2.45) is 0 Å². The number of aromatic nitrogens is 3. The molecule has 0 spiro atoms. The lowest BCUT2D eigenvalue weighted by Crippen LogP contribution is -2.25. The smallest absolute Gasteiger partial charge is 0.155 e. The highest BCUT2D eigenvalue weighted by atomic mass is 19.1. The van der Waals surface area contributed by atoms with Gasteiger partial charge in [-0.1, -0.05) is 24.3 Å². The summed E-state index contributed by atoms with van der Waals surface area (Å²) in [7, 11) is 0. The molecule has 1 atom stereocenters. The zero-order valence-electron chi connectivity index (χ0n) is 13.3. The number of H-pyrrole nitrogens is 1. The Kier molecular flexibility index (Phi) is 4.09. The molecule has 3 aromatic rings. The Morgan fingerprint density at radius 2 is 2.17 bits per heavy atom. The Morgan fingerprint density at radius 3 is 3.04 bits per heavy atom. The molecule has 2 aromatic carbocycles. The van der Waals surface area contributed by atoms with Crippen LogP contribution in [-0.4, -0.2) is 15.2 Å². The van der Waals surface area contributed by atoms with E-state index in [1.165, 1.54) is 17.5 Å². The maximum Gasteiger partial charge on any atom is 0.155 e. The van der Waals surface area contributed by atoms with E-state index in [4.69, 9.17) is 0 Å². The molecule has 0 radical (unpaired) electrons. The van der Waals surface area contributed by atoms with Crippen molar-refractivity contribution in [3.63, 3.8) is 0 Å². The first-order valence-corrected chi connectivity index (χ1v) is 8.26. The summed E-state index contributed by atoms with van der Waals surface area (Å²) >= 11 is 0. The second kappa shape index (κ2) is 6.53. The van der Waals surface area contributed by atoms with Crippen molar-refractivity contribution in [3.8, 4) is 11.4 Å². The van der Waals surface area contributed by atoms with Crippen molar-refractivity contribution in [3.05, 3.63) is 71.3 Å². The minimum Gasteiger partial charge on any atom is -0.306 e. The molecule has 0 saturated carbocycles. The Morgan fingerprint density at radius 1 is 1.21 bits per heavy atom. The number of aryl methyl sites for hydroxylation is 1. The minimum atomic E-state index is -0.144. The first kappa shape index (κ1) is 15.0. The van der Waals surface area contributed by atoms with Crippen molar-refractivity contribution >= 4 is 0 Å². The third kappa shape index (κ3) is 3.08. The summed E-state index contributed by atoms with van der Waals surface area (Å²) in [6.45, 7) is 0.767. The summed E-state index contributed by atoms with van der Waals surface area (Å²) in [5.74, 6) is 0.629. The summed E-state index contributed by atoms with van der Waals surface area (Å²) in [5, 5.41) is 10.4. The molecule has 1 aromatic heterocycles. The fraction of sp³-hybridized carbons (Fsp3) is 0.263. The quantitative estimate of drug-likeness (QED) is 0.768.